The fraction of sp³-hybridized carbons (Fsp3) is 0.333. The zero-order chi connectivity index (χ0) is 5.70. The third-order valence-electron chi connectivity index (χ3n) is 0.282. The van der Waals surface area contributed by atoms with Crippen molar-refractivity contribution in [2.45, 2.75) is 0 Å². The maximum atomic E-state index is 9.49. The number of hydrogen-bond acceptors (Lipinski definition) is 3. The molecule has 0 aliphatic carbocycles. The molecule has 0 heterocycles. The molecule has 0 aliphatic rings. The average molecular weight is 145 g/mol. The monoisotopic (exact) mass is 145 g/mol. The molecular formula is C3H6NaO3S-. The van der Waals surface area contributed by atoms with E-state index in [1.54, 1.807) is 0 Å². The smallest absolute Gasteiger partial charge is 1.00 e. The van der Waals surface area contributed by atoms with Crippen molar-refractivity contribution < 1.29 is 43.9 Å². The molecule has 44 valence electrons. The van der Waals surface area contributed by atoms with Gasteiger partial charge in [-0.2, -0.15) is 0 Å². The van der Waals surface area contributed by atoms with Gasteiger partial charge in [0, 0.05) is 0 Å². The summed E-state index contributed by atoms with van der Waals surface area (Å²) < 4.78 is 23.0. The first-order chi connectivity index (χ1) is 3.27. The summed E-state index contributed by atoms with van der Waals surface area (Å²) >= 11 is -2.39. The van der Waals surface area contributed by atoms with E-state index in [4.69, 9.17) is 0 Å². The van der Waals surface area contributed by atoms with Gasteiger partial charge in [-0.3, -0.25) is 4.18 Å². The summed E-state index contributed by atoms with van der Waals surface area (Å²) in [7, 11) is 0. The van der Waals surface area contributed by atoms with Crippen LogP contribution >= 0.6 is 0 Å². The Morgan fingerprint density at radius 1 is 2.00 bits per heavy atom. The Hall–Kier alpha value is 0.810. The second-order valence-electron chi connectivity index (χ2n) is 0.777. The van der Waals surface area contributed by atoms with Crippen LogP contribution in [0.15, 0.2) is 12.7 Å². The van der Waals surface area contributed by atoms with Gasteiger partial charge in [0.1, 0.15) is 0 Å². The van der Waals surface area contributed by atoms with Crippen LogP contribution in [0.1, 0.15) is 1.43 Å². The molecule has 0 aromatic rings. The fourth-order valence-corrected chi connectivity index (χ4v) is 0.311. The zero-order valence-corrected chi connectivity index (χ0v) is 7.44. The quantitative estimate of drug-likeness (QED) is 0.243. The van der Waals surface area contributed by atoms with Crippen LogP contribution < -0.4 is 29.6 Å². The molecular weight excluding hydrogens is 139 g/mol. The van der Waals surface area contributed by atoms with Crippen LogP contribution in [0.25, 0.3) is 0 Å². The van der Waals surface area contributed by atoms with Crippen LogP contribution in [-0.4, -0.2) is 15.4 Å². The second kappa shape index (κ2) is 7.81. The normalized spacial score (nSPS) is 11.6. The predicted octanol–water partition coefficient (Wildman–Crippen LogP) is -2.90. The first-order valence-electron chi connectivity index (χ1n) is 1.61. The molecule has 0 aliphatic heterocycles. The second-order valence-corrected chi connectivity index (χ2v) is 1.42. The molecule has 0 aromatic carbocycles. The molecule has 0 fully saturated rings. The summed E-state index contributed by atoms with van der Waals surface area (Å²) in [6.45, 7) is 3.29. The molecule has 8 heavy (non-hydrogen) atoms. The SMILES string of the molecule is C=CCOS(=O)[O-].[H-].[Na+]. The van der Waals surface area contributed by atoms with Crippen molar-refractivity contribution in [3.05, 3.63) is 12.7 Å². The van der Waals surface area contributed by atoms with Gasteiger partial charge in [-0.15, -0.1) is 6.58 Å². The van der Waals surface area contributed by atoms with Crippen LogP contribution in [-0.2, 0) is 15.5 Å². The van der Waals surface area contributed by atoms with E-state index in [2.05, 4.69) is 10.8 Å². The van der Waals surface area contributed by atoms with Crippen LogP contribution in [0, 0.1) is 0 Å². The molecule has 3 nitrogen and oxygen atoms in total. The van der Waals surface area contributed by atoms with Crippen molar-refractivity contribution in [2.24, 2.45) is 0 Å². The summed E-state index contributed by atoms with van der Waals surface area (Å²) in [6, 6.07) is 0. The molecule has 1 atom stereocenters. The van der Waals surface area contributed by atoms with Crippen molar-refractivity contribution in [2.75, 3.05) is 6.61 Å². The van der Waals surface area contributed by atoms with E-state index >= 15 is 0 Å². The van der Waals surface area contributed by atoms with Crippen LogP contribution in [0.2, 0.25) is 0 Å². The minimum absolute atomic E-state index is 0. The Morgan fingerprint density at radius 2 is 2.50 bits per heavy atom. The summed E-state index contributed by atoms with van der Waals surface area (Å²) in [6.07, 6.45) is 1.36. The molecule has 0 amide bonds. The fourth-order valence-electron chi connectivity index (χ4n) is 0.104. The Bertz CT molecular complexity index is 89.1. The molecule has 0 rings (SSSR count). The van der Waals surface area contributed by atoms with Gasteiger partial charge in [0.2, 0.25) is 0 Å². The number of rotatable bonds is 3. The van der Waals surface area contributed by atoms with Crippen LogP contribution in [0.3, 0.4) is 0 Å². The molecule has 0 saturated carbocycles. The van der Waals surface area contributed by atoms with Gasteiger partial charge in [-0.05, 0) is 0 Å². The predicted molar refractivity (Wildman–Crippen MR) is 26.2 cm³/mol. The first kappa shape index (κ1) is 11.6. The topological polar surface area (TPSA) is 49.4 Å². The van der Waals surface area contributed by atoms with E-state index in [0.717, 1.165) is 0 Å². The summed E-state index contributed by atoms with van der Waals surface area (Å²) in [4.78, 5) is 0. The number of hydrogen-bond donors (Lipinski definition) is 0. The van der Waals surface area contributed by atoms with E-state index in [-0.39, 0.29) is 37.6 Å². The van der Waals surface area contributed by atoms with Crippen molar-refractivity contribution >= 4 is 11.4 Å². The van der Waals surface area contributed by atoms with Crippen molar-refractivity contribution in [3.8, 4) is 0 Å². The maximum absolute atomic E-state index is 9.49. The third kappa shape index (κ3) is 9.94. The molecule has 1 unspecified atom stereocenters. The molecule has 5 heteroatoms. The van der Waals surface area contributed by atoms with E-state index in [1.807, 2.05) is 0 Å². The molecule has 0 saturated heterocycles. The first-order valence-corrected chi connectivity index (χ1v) is 2.61. The largest absolute Gasteiger partial charge is 1.00 e. The van der Waals surface area contributed by atoms with E-state index in [0.29, 0.717) is 0 Å². The van der Waals surface area contributed by atoms with Crippen molar-refractivity contribution in [1.82, 2.24) is 0 Å². The zero-order valence-electron chi connectivity index (χ0n) is 5.62. The van der Waals surface area contributed by atoms with E-state index in [1.165, 1.54) is 6.08 Å². The minimum atomic E-state index is -2.39. The Kier molecular flexibility index (Phi) is 11.3. The third-order valence-corrected chi connectivity index (χ3v) is 0.611. The van der Waals surface area contributed by atoms with Crippen LogP contribution in [0.4, 0.5) is 0 Å². The molecule has 0 aromatic heterocycles. The summed E-state index contributed by atoms with van der Waals surface area (Å²) in [5.41, 5.74) is 0. The van der Waals surface area contributed by atoms with Gasteiger partial charge in [0.05, 0.1) is 18.0 Å². The van der Waals surface area contributed by atoms with E-state index < -0.39 is 11.4 Å². The molecule has 0 spiro atoms. The average Bonchev–Trinajstić information content (AvgIpc) is 1.61. The van der Waals surface area contributed by atoms with Gasteiger partial charge < -0.3 is 5.98 Å². The van der Waals surface area contributed by atoms with Gasteiger partial charge in [0.25, 0.3) is 0 Å². The molecule has 0 radical (unpaired) electrons. The summed E-state index contributed by atoms with van der Waals surface area (Å²) in [5.74, 6) is 0. The van der Waals surface area contributed by atoms with Gasteiger partial charge in [0.15, 0.2) is 0 Å². The molecule has 0 bridgehead atoms. The van der Waals surface area contributed by atoms with Crippen LogP contribution in [0.5, 0.6) is 0 Å². The van der Waals surface area contributed by atoms with Crippen molar-refractivity contribution in [1.29, 1.82) is 0 Å². The van der Waals surface area contributed by atoms with Gasteiger partial charge in [-0.25, -0.2) is 4.21 Å². The minimum Gasteiger partial charge on any atom is -1.00 e. The Morgan fingerprint density at radius 3 is 2.62 bits per heavy atom. The van der Waals surface area contributed by atoms with Gasteiger partial charge in [-0.1, -0.05) is 6.08 Å². The Balaban J connectivity index is -0.000000180. The van der Waals surface area contributed by atoms with Crippen molar-refractivity contribution in [3.63, 3.8) is 0 Å². The Labute approximate surface area is 74.4 Å². The van der Waals surface area contributed by atoms with E-state index in [9.17, 15) is 8.76 Å². The van der Waals surface area contributed by atoms with Gasteiger partial charge >= 0.3 is 29.6 Å². The maximum Gasteiger partial charge on any atom is 1.00 e. The standard InChI is InChI=1S/C3H6O3S.Na.H/c1-2-3-6-7(4)5;;/h2H,1,3H2,(H,4,5);;/q;+1;-1/p-1. The summed E-state index contributed by atoms with van der Waals surface area (Å²) in [5, 5.41) is 0. The molecule has 0 N–H and O–H groups in total.